The number of alkyl halides is 1. The summed E-state index contributed by atoms with van der Waals surface area (Å²) in [7, 11) is 0. The highest BCUT2D eigenvalue weighted by molar-refractivity contribution is 9.09. The molecule has 20 heavy (non-hydrogen) atoms. The van der Waals surface area contributed by atoms with Crippen LogP contribution in [0.3, 0.4) is 0 Å². The van der Waals surface area contributed by atoms with Gasteiger partial charge in [0.15, 0.2) is 0 Å². The summed E-state index contributed by atoms with van der Waals surface area (Å²) >= 11 is 3.37. The third-order valence-corrected chi connectivity index (χ3v) is 3.87. The van der Waals surface area contributed by atoms with Crippen LogP contribution in [0.25, 0.3) is 0 Å². The molecule has 1 heterocycles. The number of aromatic hydroxyl groups is 2. The van der Waals surface area contributed by atoms with Crippen molar-refractivity contribution in [2.45, 2.75) is 25.6 Å². The second kappa shape index (κ2) is 5.61. The summed E-state index contributed by atoms with van der Waals surface area (Å²) in [5, 5.41) is 19.9. The second-order valence-electron chi connectivity index (χ2n) is 5.54. The predicted octanol–water partition coefficient (Wildman–Crippen LogP) is 2.11. The van der Waals surface area contributed by atoms with Crippen LogP contribution in [0, 0.1) is 0 Å². The number of amides is 1. The van der Waals surface area contributed by atoms with E-state index in [-0.39, 0.29) is 29.1 Å². The number of hydrogen-bond acceptors (Lipinski definition) is 4. The molecule has 0 saturated carbocycles. The molecular formula is C14H18BrNO4. The molecule has 1 amide bonds. The maximum Gasteiger partial charge on any atom is 0.257 e. The van der Waals surface area contributed by atoms with Crippen LogP contribution < -0.4 is 0 Å². The molecule has 1 aromatic carbocycles. The van der Waals surface area contributed by atoms with Crippen LogP contribution in [0.5, 0.6) is 11.5 Å². The molecule has 0 aromatic heterocycles. The van der Waals surface area contributed by atoms with Gasteiger partial charge in [0.2, 0.25) is 0 Å². The lowest BCUT2D eigenvalue weighted by atomic mass is 10.0. The van der Waals surface area contributed by atoms with Crippen LogP contribution in [0.4, 0.5) is 0 Å². The molecule has 1 atom stereocenters. The van der Waals surface area contributed by atoms with Gasteiger partial charge in [-0.1, -0.05) is 15.9 Å². The van der Waals surface area contributed by atoms with Crippen LogP contribution in [0.1, 0.15) is 24.2 Å². The van der Waals surface area contributed by atoms with Crippen LogP contribution >= 0.6 is 15.9 Å². The van der Waals surface area contributed by atoms with Crippen molar-refractivity contribution in [3.8, 4) is 11.5 Å². The van der Waals surface area contributed by atoms with Gasteiger partial charge in [0.05, 0.1) is 17.3 Å². The Morgan fingerprint density at radius 3 is 2.85 bits per heavy atom. The number of carbonyl (C=O) groups excluding carboxylic acids is 1. The minimum absolute atomic E-state index is 0.0456. The van der Waals surface area contributed by atoms with E-state index in [0.29, 0.717) is 18.4 Å². The summed E-state index contributed by atoms with van der Waals surface area (Å²) < 4.78 is 5.84. The average molecular weight is 344 g/mol. The van der Waals surface area contributed by atoms with Crippen molar-refractivity contribution in [3.63, 3.8) is 0 Å². The number of morpholine rings is 1. The van der Waals surface area contributed by atoms with E-state index in [0.717, 1.165) is 0 Å². The summed E-state index contributed by atoms with van der Waals surface area (Å²) in [5.41, 5.74) is -0.338. The zero-order valence-corrected chi connectivity index (χ0v) is 13.1. The lowest BCUT2D eigenvalue weighted by Crippen LogP contribution is -2.55. The lowest BCUT2D eigenvalue weighted by molar-refractivity contribution is -0.116. The topological polar surface area (TPSA) is 70.0 Å². The van der Waals surface area contributed by atoms with E-state index in [9.17, 15) is 15.0 Å². The molecule has 2 N–H and O–H groups in total. The van der Waals surface area contributed by atoms with E-state index in [1.807, 2.05) is 13.8 Å². The molecule has 1 fully saturated rings. The highest BCUT2D eigenvalue weighted by Crippen LogP contribution is 2.27. The van der Waals surface area contributed by atoms with Crippen LogP contribution in [-0.4, -0.2) is 51.1 Å². The van der Waals surface area contributed by atoms with E-state index in [4.69, 9.17) is 4.74 Å². The summed E-state index contributed by atoms with van der Waals surface area (Å²) in [6.45, 7) is 4.72. The lowest BCUT2D eigenvalue weighted by Gasteiger charge is -2.42. The van der Waals surface area contributed by atoms with Gasteiger partial charge in [-0.3, -0.25) is 4.79 Å². The minimum Gasteiger partial charge on any atom is -0.508 e. The quantitative estimate of drug-likeness (QED) is 0.637. The van der Waals surface area contributed by atoms with Crippen molar-refractivity contribution >= 4 is 21.8 Å². The van der Waals surface area contributed by atoms with Crippen LogP contribution in [0.2, 0.25) is 0 Å². The maximum atomic E-state index is 12.5. The smallest absolute Gasteiger partial charge is 0.257 e. The summed E-state index contributed by atoms with van der Waals surface area (Å²) in [5.74, 6) is -0.482. The largest absolute Gasteiger partial charge is 0.508 e. The Morgan fingerprint density at radius 2 is 2.20 bits per heavy atom. The van der Waals surface area contributed by atoms with Crippen molar-refractivity contribution < 1.29 is 19.7 Å². The number of nitrogens with zero attached hydrogens (tertiary/aromatic N) is 1. The Kier molecular flexibility index (Phi) is 4.25. The van der Waals surface area contributed by atoms with Crippen LogP contribution in [-0.2, 0) is 4.74 Å². The molecule has 0 aliphatic carbocycles. The van der Waals surface area contributed by atoms with Crippen molar-refractivity contribution in [3.05, 3.63) is 23.8 Å². The van der Waals surface area contributed by atoms with E-state index in [1.54, 1.807) is 4.90 Å². The molecule has 1 saturated heterocycles. The fraction of sp³-hybridized carbons (Fsp3) is 0.500. The molecule has 1 aromatic rings. The molecule has 1 aliphatic heterocycles. The van der Waals surface area contributed by atoms with Crippen molar-refractivity contribution in [1.29, 1.82) is 0 Å². The standard InChI is InChI=1S/C14H18BrNO4/c1-14(2)8-16(7-10(6-15)20-14)13(19)11-5-9(17)3-4-12(11)18/h3-5,10,17-18H,6-8H2,1-2H3. The highest BCUT2D eigenvalue weighted by atomic mass is 79.9. The summed E-state index contributed by atoms with van der Waals surface area (Å²) in [6, 6.07) is 3.94. The van der Waals surface area contributed by atoms with Gasteiger partial charge in [0, 0.05) is 18.4 Å². The van der Waals surface area contributed by atoms with E-state index in [2.05, 4.69) is 15.9 Å². The van der Waals surface area contributed by atoms with Crippen LogP contribution in [0.15, 0.2) is 18.2 Å². The van der Waals surface area contributed by atoms with E-state index >= 15 is 0 Å². The Hall–Kier alpha value is -1.27. The third-order valence-electron chi connectivity index (χ3n) is 3.15. The zero-order chi connectivity index (χ0) is 14.9. The van der Waals surface area contributed by atoms with Gasteiger partial charge in [0.25, 0.3) is 5.91 Å². The molecule has 2 rings (SSSR count). The van der Waals surface area contributed by atoms with E-state index in [1.165, 1.54) is 18.2 Å². The zero-order valence-electron chi connectivity index (χ0n) is 11.5. The molecule has 5 nitrogen and oxygen atoms in total. The normalized spacial score (nSPS) is 21.8. The monoisotopic (exact) mass is 343 g/mol. The fourth-order valence-corrected chi connectivity index (χ4v) is 2.73. The first-order valence-corrected chi connectivity index (χ1v) is 7.49. The Bertz CT molecular complexity index is 518. The number of hydrogen-bond donors (Lipinski definition) is 2. The van der Waals surface area contributed by atoms with Gasteiger partial charge < -0.3 is 19.8 Å². The van der Waals surface area contributed by atoms with Crippen molar-refractivity contribution in [2.24, 2.45) is 0 Å². The maximum absolute atomic E-state index is 12.5. The second-order valence-corrected chi connectivity index (χ2v) is 6.19. The average Bonchev–Trinajstić information content (AvgIpc) is 2.38. The molecule has 110 valence electrons. The Labute approximate surface area is 126 Å². The van der Waals surface area contributed by atoms with Gasteiger partial charge in [0.1, 0.15) is 11.5 Å². The van der Waals surface area contributed by atoms with Gasteiger partial charge in [-0.2, -0.15) is 0 Å². The number of phenols is 2. The fourth-order valence-electron chi connectivity index (χ4n) is 2.40. The summed E-state index contributed by atoms with van der Waals surface area (Å²) in [6.07, 6.45) is -0.0952. The molecule has 6 heteroatoms. The molecule has 0 bridgehead atoms. The number of phenolic OH excluding ortho intramolecular Hbond substituents is 2. The SMILES string of the molecule is CC1(C)CN(C(=O)c2cc(O)ccc2O)CC(CBr)O1. The number of ether oxygens (including phenoxy) is 1. The Balaban J connectivity index is 2.25. The van der Waals surface area contributed by atoms with Crippen molar-refractivity contribution in [2.75, 3.05) is 18.4 Å². The van der Waals surface area contributed by atoms with Gasteiger partial charge in [-0.15, -0.1) is 0 Å². The number of benzene rings is 1. The number of rotatable bonds is 2. The molecule has 1 unspecified atom stereocenters. The molecule has 0 spiro atoms. The highest BCUT2D eigenvalue weighted by Gasteiger charge is 2.36. The molecule has 1 aliphatic rings. The predicted molar refractivity (Wildman–Crippen MR) is 78.4 cm³/mol. The van der Waals surface area contributed by atoms with Crippen molar-refractivity contribution in [1.82, 2.24) is 4.90 Å². The van der Waals surface area contributed by atoms with Gasteiger partial charge >= 0.3 is 0 Å². The van der Waals surface area contributed by atoms with Gasteiger partial charge in [-0.25, -0.2) is 0 Å². The number of carbonyl (C=O) groups is 1. The first kappa shape index (κ1) is 15.1. The molecule has 0 radical (unpaired) electrons. The first-order valence-electron chi connectivity index (χ1n) is 6.37. The molecular weight excluding hydrogens is 326 g/mol. The Morgan fingerprint density at radius 1 is 1.50 bits per heavy atom. The minimum atomic E-state index is -0.446. The van der Waals surface area contributed by atoms with Gasteiger partial charge in [-0.05, 0) is 32.0 Å². The first-order chi connectivity index (χ1) is 9.32. The number of halogens is 1. The third kappa shape index (κ3) is 3.24. The van der Waals surface area contributed by atoms with E-state index < -0.39 is 5.60 Å². The summed E-state index contributed by atoms with van der Waals surface area (Å²) in [4.78, 5) is 14.1.